The molecule has 200 valence electrons. The van der Waals surface area contributed by atoms with Gasteiger partial charge in [0.15, 0.2) is 5.78 Å². The Morgan fingerprint density at radius 2 is 1.57 bits per heavy atom. The van der Waals surface area contributed by atoms with Crippen molar-refractivity contribution in [2.75, 3.05) is 11.1 Å². The number of hydrogen-bond acceptors (Lipinski definition) is 6. The van der Waals surface area contributed by atoms with Crippen molar-refractivity contribution < 1.29 is 19.3 Å². The molecule has 0 saturated carbocycles. The van der Waals surface area contributed by atoms with Gasteiger partial charge in [0.05, 0.1) is 10.7 Å². The van der Waals surface area contributed by atoms with Gasteiger partial charge in [0.2, 0.25) is 0 Å². The third-order valence-electron chi connectivity index (χ3n) is 5.53. The Morgan fingerprint density at radius 1 is 0.850 bits per heavy atom. The Kier molecular flexibility index (Phi) is 9.45. The lowest BCUT2D eigenvalue weighted by Crippen LogP contribution is -2.30. The maximum absolute atomic E-state index is 13.3. The highest BCUT2D eigenvalue weighted by Crippen LogP contribution is 2.24. The first-order valence-electron chi connectivity index (χ1n) is 11.9. The van der Waals surface area contributed by atoms with Crippen LogP contribution in [0.5, 0.6) is 0 Å². The maximum atomic E-state index is 13.3. The summed E-state index contributed by atoms with van der Waals surface area (Å²) in [5.74, 6) is -1.23. The second kappa shape index (κ2) is 13.4. The van der Waals surface area contributed by atoms with Crippen LogP contribution in [0.25, 0.3) is 6.08 Å². The van der Waals surface area contributed by atoms with E-state index in [1.165, 1.54) is 42.1 Å². The van der Waals surface area contributed by atoms with E-state index in [0.29, 0.717) is 26.7 Å². The molecule has 4 rings (SSSR count). The zero-order chi connectivity index (χ0) is 28.5. The van der Waals surface area contributed by atoms with Crippen molar-refractivity contribution in [1.29, 1.82) is 0 Å². The van der Waals surface area contributed by atoms with Crippen LogP contribution in [0.2, 0.25) is 5.02 Å². The first kappa shape index (κ1) is 28.3. The highest BCUT2D eigenvalue weighted by molar-refractivity contribution is 8.00. The van der Waals surface area contributed by atoms with Crippen LogP contribution in [0.1, 0.15) is 26.3 Å². The largest absolute Gasteiger partial charge is 0.321 e. The van der Waals surface area contributed by atoms with Crippen LogP contribution in [0, 0.1) is 10.1 Å². The molecule has 0 atom stereocenters. The summed E-state index contributed by atoms with van der Waals surface area (Å²) in [6, 6.07) is 27.8. The second-order valence-corrected chi connectivity index (χ2v) is 9.92. The van der Waals surface area contributed by atoms with E-state index >= 15 is 0 Å². The van der Waals surface area contributed by atoms with Crippen molar-refractivity contribution in [3.8, 4) is 0 Å². The fourth-order valence-electron chi connectivity index (χ4n) is 3.59. The highest BCUT2D eigenvalue weighted by Gasteiger charge is 2.16. The second-order valence-electron chi connectivity index (χ2n) is 8.43. The monoisotopic (exact) mass is 571 g/mol. The number of non-ortho nitro benzene ring substituents is 1. The fourth-order valence-corrected chi connectivity index (χ4v) is 4.64. The van der Waals surface area contributed by atoms with Crippen LogP contribution in [0.15, 0.2) is 114 Å². The summed E-state index contributed by atoms with van der Waals surface area (Å²) >= 11 is 7.33. The standard InChI is InChI=1S/C30H22ClN3O5S/c31-23-11-4-7-20(15-23)16-27(33-29(36)21-8-2-1-3-9-21)30(37)32-24-12-6-14-26(18-24)40-19-28(35)22-10-5-13-25(17-22)34(38)39/h1-18H,19H2,(H,32,37)(H,33,36)/b27-16-. The van der Waals surface area contributed by atoms with Gasteiger partial charge in [0, 0.05) is 38.9 Å². The number of Topliss-reactive ketones (excluding diaryl/α,β-unsaturated/α-hetero) is 1. The fraction of sp³-hybridized carbons (Fsp3) is 0.0333. The van der Waals surface area contributed by atoms with Crippen molar-refractivity contribution in [2.24, 2.45) is 0 Å². The number of nitrogens with one attached hydrogen (secondary N) is 2. The first-order valence-corrected chi connectivity index (χ1v) is 13.3. The molecule has 40 heavy (non-hydrogen) atoms. The van der Waals surface area contributed by atoms with E-state index in [-0.39, 0.29) is 28.5 Å². The lowest BCUT2D eigenvalue weighted by atomic mass is 10.1. The molecule has 0 radical (unpaired) electrons. The van der Waals surface area contributed by atoms with Crippen LogP contribution < -0.4 is 10.6 Å². The summed E-state index contributed by atoms with van der Waals surface area (Å²) in [4.78, 5) is 49.8. The molecule has 0 aromatic heterocycles. The highest BCUT2D eigenvalue weighted by atomic mass is 35.5. The summed E-state index contributed by atoms with van der Waals surface area (Å²) in [6.45, 7) is 0. The van der Waals surface area contributed by atoms with E-state index in [1.807, 2.05) is 0 Å². The Morgan fingerprint density at radius 3 is 2.33 bits per heavy atom. The lowest BCUT2D eigenvalue weighted by molar-refractivity contribution is -0.384. The SMILES string of the molecule is O=C(Nc1cccc(SCC(=O)c2cccc([N+](=O)[O-])c2)c1)/C(=C/c1cccc(Cl)c1)NC(=O)c1ccccc1. The molecule has 0 fully saturated rings. The van der Waals surface area contributed by atoms with Crippen LogP contribution in [-0.2, 0) is 4.79 Å². The predicted octanol–water partition coefficient (Wildman–Crippen LogP) is 6.63. The number of amides is 2. The van der Waals surface area contributed by atoms with E-state index in [9.17, 15) is 24.5 Å². The molecule has 4 aromatic carbocycles. The molecule has 0 saturated heterocycles. The van der Waals surface area contributed by atoms with Gasteiger partial charge in [-0.3, -0.25) is 24.5 Å². The number of benzene rings is 4. The maximum Gasteiger partial charge on any atom is 0.272 e. The third-order valence-corrected chi connectivity index (χ3v) is 6.76. The van der Waals surface area contributed by atoms with Crippen molar-refractivity contribution in [2.45, 2.75) is 4.90 Å². The topological polar surface area (TPSA) is 118 Å². The van der Waals surface area contributed by atoms with Crippen LogP contribution in [0.3, 0.4) is 0 Å². The molecule has 10 heteroatoms. The predicted molar refractivity (Wildman–Crippen MR) is 157 cm³/mol. The number of carbonyl (C=O) groups excluding carboxylic acids is 3. The smallest absolute Gasteiger partial charge is 0.272 e. The van der Waals surface area contributed by atoms with Crippen LogP contribution in [-0.4, -0.2) is 28.3 Å². The van der Waals surface area contributed by atoms with Gasteiger partial charge in [0.25, 0.3) is 17.5 Å². The summed E-state index contributed by atoms with van der Waals surface area (Å²) in [5, 5.41) is 16.9. The third kappa shape index (κ3) is 7.89. The molecule has 4 aromatic rings. The number of rotatable bonds is 10. The lowest BCUT2D eigenvalue weighted by Gasteiger charge is -2.12. The minimum atomic E-state index is -0.556. The Bertz CT molecular complexity index is 1610. The van der Waals surface area contributed by atoms with Gasteiger partial charge in [0.1, 0.15) is 5.70 Å². The molecule has 2 amide bonds. The number of nitro groups is 1. The number of anilines is 1. The number of thioether (sulfide) groups is 1. The van der Waals surface area contributed by atoms with E-state index in [4.69, 9.17) is 11.6 Å². The molecular weight excluding hydrogens is 550 g/mol. The molecule has 0 unspecified atom stereocenters. The van der Waals surface area contributed by atoms with E-state index in [2.05, 4.69) is 10.6 Å². The van der Waals surface area contributed by atoms with Crippen molar-refractivity contribution in [3.05, 3.63) is 141 Å². The summed E-state index contributed by atoms with van der Waals surface area (Å²) < 4.78 is 0. The van der Waals surface area contributed by atoms with Crippen molar-refractivity contribution in [3.63, 3.8) is 0 Å². The number of carbonyl (C=O) groups is 3. The normalized spacial score (nSPS) is 11.0. The Balaban J connectivity index is 1.48. The van der Waals surface area contributed by atoms with Gasteiger partial charge in [-0.2, -0.15) is 0 Å². The van der Waals surface area contributed by atoms with Crippen LogP contribution in [0.4, 0.5) is 11.4 Å². The summed E-state index contributed by atoms with van der Waals surface area (Å²) in [5.41, 5.74) is 1.56. The molecule has 0 aliphatic heterocycles. The van der Waals surface area contributed by atoms with Gasteiger partial charge in [-0.1, -0.05) is 60.1 Å². The molecule has 0 bridgehead atoms. The average Bonchev–Trinajstić information content (AvgIpc) is 2.96. The van der Waals surface area contributed by atoms with E-state index < -0.39 is 16.7 Å². The zero-order valence-corrected chi connectivity index (χ0v) is 22.4. The number of nitro benzene ring substituents is 1. The van der Waals surface area contributed by atoms with Crippen molar-refractivity contribution in [1.82, 2.24) is 5.32 Å². The molecule has 0 spiro atoms. The van der Waals surface area contributed by atoms with Crippen LogP contribution >= 0.6 is 23.4 Å². The molecule has 0 aliphatic carbocycles. The minimum Gasteiger partial charge on any atom is -0.321 e. The van der Waals surface area contributed by atoms with Gasteiger partial charge in [-0.25, -0.2) is 0 Å². The molecule has 2 N–H and O–H groups in total. The van der Waals surface area contributed by atoms with Crippen molar-refractivity contribution >= 4 is 58.4 Å². The van der Waals surface area contributed by atoms with E-state index in [0.717, 1.165) is 0 Å². The Hall–Kier alpha value is -4.73. The molecule has 0 heterocycles. The van der Waals surface area contributed by atoms with Gasteiger partial charge < -0.3 is 10.6 Å². The first-order chi connectivity index (χ1) is 19.3. The molecule has 8 nitrogen and oxygen atoms in total. The summed E-state index contributed by atoms with van der Waals surface area (Å²) in [6.07, 6.45) is 1.53. The number of nitrogens with zero attached hydrogens (tertiary/aromatic N) is 1. The number of ketones is 1. The van der Waals surface area contributed by atoms with Gasteiger partial charge in [-0.05, 0) is 54.1 Å². The average molecular weight is 572 g/mol. The van der Waals surface area contributed by atoms with Gasteiger partial charge in [-0.15, -0.1) is 11.8 Å². The summed E-state index contributed by atoms with van der Waals surface area (Å²) in [7, 11) is 0. The zero-order valence-electron chi connectivity index (χ0n) is 20.9. The minimum absolute atomic E-state index is 0.00928. The quantitative estimate of drug-likeness (QED) is 0.0724. The Labute approximate surface area is 239 Å². The number of halogens is 1. The number of hydrogen-bond donors (Lipinski definition) is 2. The molecular formula is C30H22ClN3O5S. The van der Waals surface area contributed by atoms with Gasteiger partial charge >= 0.3 is 0 Å². The van der Waals surface area contributed by atoms with E-state index in [1.54, 1.807) is 78.9 Å². The molecule has 0 aliphatic rings.